The van der Waals surface area contributed by atoms with Gasteiger partial charge in [-0.2, -0.15) is 0 Å². The van der Waals surface area contributed by atoms with Gasteiger partial charge in [-0.25, -0.2) is 0 Å². The Hall–Kier alpha value is -2.53. The van der Waals surface area contributed by atoms with Crippen molar-refractivity contribution < 1.29 is 4.79 Å². The number of carbonyl (C=O) groups excluding carboxylic acids is 1. The number of benzene rings is 1. The molecule has 0 atom stereocenters. The smallest absolute Gasteiger partial charge is 0.253 e. The van der Waals surface area contributed by atoms with E-state index in [1.165, 1.54) is 11.1 Å². The van der Waals surface area contributed by atoms with Crippen molar-refractivity contribution in [1.82, 2.24) is 15.2 Å². The number of aromatic amines is 1. The van der Waals surface area contributed by atoms with Crippen molar-refractivity contribution in [1.29, 1.82) is 0 Å². The Morgan fingerprint density at radius 1 is 1.17 bits per heavy atom. The van der Waals surface area contributed by atoms with Crippen molar-refractivity contribution in [3.05, 3.63) is 52.3 Å². The van der Waals surface area contributed by atoms with Crippen LogP contribution in [0.25, 0.3) is 11.6 Å². The molecule has 5 nitrogen and oxygen atoms in total. The quantitative estimate of drug-likeness (QED) is 0.650. The molecule has 2 heterocycles. The van der Waals surface area contributed by atoms with Crippen LogP contribution in [0, 0.1) is 13.8 Å². The zero-order chi connectivity index (χ0) is 21.1. The minimum absolute atomic E-state index is 0.00157. The first-order chi connectivity index (χ1) is 13.8. The number of fused-ring (bicyclic) bond motifs is 1. The van der Waals surface area contributed by atoms with Crippen molar-refractivity contribution in [3.63, 3.8) is 0 Å². The largest absolute Gasteiger partial charge is 0.380 e. The number of hydrogen-bond acceptors (Lipinski definition) is 3. The van der Waals surface area contributed by atoms with E-state index >= 15 is 0 Å². The van der Waals surface area contributed by atoms with E-state index in [0.29, 0.717) is 18.6 Å². The Labute approximate surface area is 174 Å². The molecule has 1 amide bonds. The molecule has 0 unspecified atom stereocenters. The van der Waals surface area contributed by atoms with Gasteiger partial charge in [-0.15, -0.1) is 0 Å². The maximum Gasteiger partial charge on any atom is 0.253 e. The lowest BCUT2D eigenvalue weighted by Crippen LogP contribution is -2.42. The maximum atomic E-state index is 12.9. The zero-order valence-corrected chi connectivity index (χ0v) is 18.5. The van der Waals surface area contributed by atoms with E-state index in [1.807, 2.05) is 19.9 Å². The molecule has 0 bridgehead atoms. The van der Waals surface area contributed by atoms with E-state index < -0.39 is 0 Å². The van der Waals surface area contributed by atoms with Gasteiger partial charge in [-0.3, -0.25) is 9.69 Å². The van der Waals surface area contributed by atoms with Gasteiger partial charge >= 0.3 is 0 Å². The fourth-order valence-electron chi connectivity index (χ4n) is 4.26. The predicted octanol–water partition coefficient (Wildman–Crippen LogP) is 4.45. The number of aromatic nitrogens is 1. The molecule has 0 saturated heterocycles. The van der Waals surface area contributed by atoms with Crippen LogP contribution in [0.15, 0.2) is 24.3 Å². The van der Waals surface area contributed by atoms with Crippen LogP contribution in [-0.4, -0.2) is 47.5 Å². The number of rotatable bonds is 7. The van der Waals surface area contributed by atoms with Gasteiger partial charge in [-0.1, -0.05) is 18.2 Å². The van der Waals surface area contributed by atoms with Gasteiger partial charge in [0.05, 0.1) is 5.56 Å². The molecule has 0 fully saturated rings. The summed E-state index contributed by atoms with van der Waals surface area (Å²) in [6.45, 7) is 15.1. The number of nitrogens with zero attached hydrogens (tertiary/aromatic N) is 1. The van der Waals surface area contributed by atoms with Crippen LogP contribution >= 0.6 is 0 Å². The molecule has 0 radical (unpaired) electrons. The topological polar surface area (TPSA) is 60.2 Å². The summed E-state index contributed by atoms with van der Waals surface area (Å²) in [7, 11) is 0. The number of carbonyl (C=O) groups is 1. The summed E-state index contributed by atoms with van der Waals surface area (Å²) >= 11 is 0. The number of para-hydroxylation sites is 1. The van der Waals surface area contributed by atoms with Gasteiger partial charge in [0.1, 0.15) is 0 Å². The normalized spacial score (nSPS) is 14.7. The van der Waals surface area contributed by atoms with Crippen molar-refractivity contribution in [2.75, 3.05) is 25.0 Å². The molecule has 0 spiro atoms. The summed E-state index contributed by atoms with van der Waals surface area (Å²) < 4.78 is 0. The number of H-pyrrole nitrogens is 1. The Balaban J connectivity index is 1.73. The monoisotopic (exact) mass is 394 g/mol. The van der Waals surface area contributed by atoms with Gasteiger partial charge in [0.25, 0.3) is 5.91 Å². The highest BCUT2D eigenvalue weighted by molar-refractivity contribution is 5.99. The fraction of sp³-hybridized carbons (Fsp3) is 0.458. The van der Waals surface area contributed by atoms with Crippen LogP contribution in [0.3, 0.4) is 0 Å². The second-order valence-electron chi connectivity index (χ2n) is 8.41. The number of nitrogens with one attached hydrogen (secondary N) is 3. The summed E-state index contributed by atoms with van der Waals surface area (Å²) in [4.78, 5) is 18.7. The highest BCUT2D eigenvalue weighted by Gasteiger charge is 2.20. The number of hydrogen-bond donors (Lipinski definition) is 3. The van der Waals surface area contributed by atoms with Gasteiger partial charge in [0.2, 0.25) is 0 Å². The Morgan fingerprint density at radius 2 is 1.86 bits per heavy atom. The highest BCUT2D eigenvalue weighted by Crippen LogP contribution is 2.32. The van der Waals surface area contributed by atoms with Crippen LogP contribution in [0.5, 0.6) is 0 Å². The summed E-state index contributed by atoms with van der Waals surface area (Å²) in [5.41, 5.74) is 7.31. The minimum Gasteiger partial charge on any atom is -0.380 e. The summed E-state index contributed by atoms with van der Waals surface area (Å²) in [5.74, 6) is -0.00157. The standard InChI is InChI=1S/C24H34N4O/c1-15(2)28(16(3)4)12-11-25-24(29)23-17(5)22(27-18(23)6)13-19-14-26-21-10-8-7-9-20(19)21/h7-10,13,15-16,26-27H,11-12,14H2,1-6H3,(H,25,29)/b19-13+. The second kappa shape index (κ2) is 8.87. The van der Waals surface area contributed by atoms with E-state index in [1.54, 1.807) is 0 Å². The van der Waals surface area contributed by atoms with E-state index in [9.17, 15) is 4.79 Å². The van der Waals surface area contributed by atoms with Crippen LogP contribution in [0.4, 0.5) is 5.69 Å². The lowest BCUT2D eigenvalue weighted by Gasteiger charge is -2.30. The number of anilines is 1. The Bertz CT molecular complexity index is 900. The average molecular weight is 395 g/mol. The molecule has 3 rings (SSSR count). The first-order valence-corrected chi connectivity index (χ1v) is 10.6. The third-order valence-electron chi connectivity index (χ3n) is 5.75. The second-order valence-corrected chi connectivity index (χ2v) is 8.41. The zero-order valence-electron chi connectivity index (χ0n) is 18.5. The average Bonchev–Trinajstić information content (AvgIpc) is 3.19. The van der Waals surface area contributed by atoms with Crippen molar-refractivity contribution in [2.45, 2.75) is 53.6 Å². The first-order valence-electron chi connectivity index (χ1n) is 10.6. The molecule has 156 valence electrons. The summed E-state index contributed by atoms with van der Waals surface area (Å²) in [5, 5.41) is 6.53. The molecule has 1 aromatic carbocycles. The molecule has 1 aromatic heterocycles. The number of aryl methyl sites for hydroxylation is 1. The first kappa shape index (κ1) is 21.2. The molecule has 1 aliphatic heterocycles. The molecule has 2 aromatic rings. The molecule has 0 saturated carbocycles. The van der Waals surface area contributed by atoms with E-state index in [0.717, 1.165) is 41.3 Å². The van der Waals surface area contributed by atoms with E-state index in [4.69, 9.17) is 0 Å². The molecule has 29 heavy (non-hydrogen) atoms. The van der Waals surface area contributed by atoms with Gasteiger partial charge < -0.3 is 15.6 Å². The molecular weight excluding hydrogens is 360 g/mol. The lowest BCUT2D eigenvalue weighted by atomic mass is 10.0. The van der Waals surface area contributed by atoms with E-state index in [2.05, 4.69) is 72.5 Å². The maximum absolute atomic E-state index is 12.9. The van der Waals surface area contributed by atoms with Crippen LogP contribution in [0.2, 0.25) is 0 Å². The predicted molar refractivity (Wildman–Crippen MR) is 122 cm³/mol. The molecule has 1 aliphatic rings. The van der Waals surface area contributed by atoms with Crippen molar-refractivity contribution >= 4 is 23.2 Å². The molecule has 0 aliphatic carbocycles. The third-order valence-corrected chi connectivity index (χ3v) is 5.75. The summed E-state index contributed by atoms with van der Waals surface area (Å²) in [6.07, 6.45) is 2.16. The molecular formula is C24H34N4O. The van der Waals surface area contributed by atoms with E-state index in [-0.39, 0.29) is 5.91 Å². The van der Waals surface area contributed by atoms with Gasteiger partial charge in [0.15, 0.2) is 0 Å². The van der Waals surface area contributed by atoms with Gasteiger partial charge in [-0.05, 0) is 64.8 Å². The van der Waals surface area contributed by atoms with Crippen molar-refractivity contribution in [3.8, 4) is 0 Å². The fourth-order valence-corrected chi connectivity index (χ4v) is 4.26. The summed E-state index contributed by atoms with van der Waals surface area (Å²) in [6, 6.07) is 9.26. The third kappa shape index (κ3) is 4.56. The Kier molecular flexibility index (Phi) is 6.48. The highest BCUT2D eigenvalue weighted by atomic mass is 16.1. The van der Waals surface area contributed by atoms with Crippen LogP contribution in [-0.2, 0) is 0 Å². The van der Waals surface area contributed by atoms with Crippen LogP contribution in [0.1, 0.15) is 60.6 Å². The molecule has 3 N–H and O–H groups in total. The Morgan fingerprint density at radius 3 is 2.55 bits per heavy atom. The van der Waals surface area contributed by atoms with Gasteiger partial charge in [0, 0.05) is 54.4 Å². The number of amides is 1. The SMILES string of the molecule is Cc1[nH]c(/C=C2\CNc3ccccc32)c(C)c1C(=O)NCCN(C(C)C)C(C)C. The molecule has 5 heteroatoms. The lowest BCUT2D eigenvalue weighted by molar-refractivity contribution is 0.0938. The van der Waals surface area contributed by atoms with Crippen LogP contribution < -0.4 is 10.6 Å². The van der Waals surface area contributed by atoms with Crippen molar-refractivity contribution in [2.24, 2.45) is 0 Å². The minimum atomic E-state index is -0.00157.